The molecule has 0 atom stereocenters. The first-order chi connectivity index (χ1) is 11.7. The van der Waals surface area contributed by atoms with E-state index in [0.29, 0.717) is 18.9 Å². The number of thioether (sulfide) groups is 1. The van der Waals surface area contributed by atoms with Gasteiger partial charge in [0.1, 0.15) is 23.0 Å². The maximum Gasteiger partial charge on any atom is 0.234 e. The number of hydrogen-bond acceptors (Lipinski definition) is 6. The summed E-state index contributed by atoms with van der Waals surface area (Å²) in [6.07, 6.45) is 1.50. The number of ether oxygens (including phenoxy) is 1. The van der Waals surface area contributed by atoms with Crippen LogP contribution in [0.1, 0.15) is 0 Å². The number of carbonyl (C=O) groups is 1. The van der Waals surface area contributed by atoms with Crippen LogP contribution in [0.4, 0.5) is 15.9 Å². The lowest BCUT2D eigenvalue weighted by atomic mass is 10.3. The summed E-state index contributed by atoms with van der Waals surface area (Å²) in [5, 5.41) is 3.46. The van der Waals surface area contributed by atoms with Crippen LogP contribution in [-0.2, 0) is 9.53 Å². The van der Waals surface area contributed by atoms with Crippen LogP contribution in [0.15, 0.2) is 41.7 Å². The summed E-state index contributed by atoms with van der Waals surface area (Å²) in [7, 11) is 0. The number of aromatic nitrogens is 2. The van der Waals surface area contributed by atoms with Crippen LogP contribution >= 0.6 is 11.8 Å². The van der Waals surface area contributed by atoms with Gasteiger partial charge in [0, 0.05) is 24.8 Å². The predicted molar refractivity (Wildman–Crippen MR) is 90.8 cm³/mol. The maximum atomic E-state index is 12.8. The van der Waals surface area contributed by atoms with Gasteiger partial charge in [-0.1, -0.05) is 11.8 Å². The van der Waals surface area contributed by atoms with Crippen LogP contribution in [0.2, 0.25) is 0 Å². The van der Waals surface area contributed by atoms with E-state index in [1.54, 1.807) is 0 Å². The van der Waals surface area contributed by atoms with Crippen LogP contribution in [0, 0.1) is 5.82 Å². The second-order valence-electron chi connectivity index (χ2n) is 5.16. The molecule has 8 heteroatoms. The molecule has 2 aromatic rings. The fraction of sp³-hybridized carbons (Fsp3) is 0.312. The molecule has 0 bridgehead atoms. The fourth-order valence-corrected chi connectivity index (χ4v) is 2.91. The zero-order valence-corrected chi connectivity index (χ0v) is 13.8. The third-order valence-corrected chi connectivity index (χ3v) is 4.37. The molecule has 1 saturated heterocycles. The Labute approximate surface area is 143 Å². The van der Waals surface area contributed by atoms with E-state index in [2.05, 4.69) is 20.2 Å². The molecule has 1 fully saturated rings. The van der Waals surface area contributed by atoms with Crippen molar-refractivity contribution in [3.8, 4) is 0 Å². The zero-order chi connectivity index (χ0) is 16.8. The van der Waals surface area contributed by atoms with Gasteiger partial charge < -0.3 is 15.0 Å². The van der Waals surface area contributed by atoms with Crippen molar-refractivity contribution in [3.05, 3.63) is 42.5 Å². The highest BCUT2D eigenvalue weighted by molar-refractivity contribution is 7.99. The average molecular weight is 348 g/mol. The monoisotopic (exact) mass is 348 g/mol. The van der Waals surface area contributed by atoms with E-state index in [9.17, 15) is 9.18 Å². The molecule has 1 N–H and O–H groups in total. The van der Waals surface area contributed by atoms with Gasteiger partial charge >= 0.3 is 0 Å². The van der Waals surface area contributed by atoms with E-state index >= 15 is 0 Å². The first-order valence-electron chi connectivity index (χ1n) is 7.54. The third kappa shape index (κ3) is 4.65. The second kappa shape index (κ2) is 8.07. The lowest BCUT2D eigenvalue weighted by Gasteiger charge is -2.27. The zero-order valence-electron chi connectivity index (χ0n) is 12.9. The molecule has 0 aliphatic carbocycles. The molecule has 0 unspecified atom stereocenters. The van der Waals surface area contributed by atoms with E-state index in [-0.39, 0.29) is 17.5 Å². The normalized spacial score (nSPS) is 14.5. The minimum absolute atomic E-state index is 0.168. The maximum absolute atomic E-state index is 12.8. The first kappa shape index (κ1) is 16.7. The number of halogens is 1. The second-order valence-corrected chi connectivity index (χ2v) is 6.15. The highest BCUT2D eigenvalue weighted by atomic mass is 32.2. The van der Waals surface area contributed by atoms with Gasteiger partial charge in [-0.3, -0.25) is 4.79 Å². The number of nitrogens with zero attached hydrogens (tertiary/aromatic N) is 3. The summed E-state index contributed by atoms with van der Waals surface area (Å²) in [6.45, 7) is 2.97. The van der Waals surface area contributed by atoms with E-state index < -0.39 is 0 Å². The van der Waals surface area contributed by atoms with Crippen LogP contribution in [0.5, 0.6) is 0 Å². The molecule has 24 heavy (non-hydrogen) atoms. The van der Waals surface area contributed by atoms with Crippen LogP contribution in [0.3, 0.4) is 0 Å². The highest BCUT2D eigenvalue weighted by Crippen LogP contribution is 2.20. The fourth-order valence-electron chi connectivity index (χ4n) is 2.24. The van der Waals surface area contributed by atoms with Crippen molar-refractivity contribution in [2.75, 3.05) is 42.3 Å². The van der Waals surface area contributed by atoms with Crippen molar-refractivity contribution in [1.82, 2.24) is 9.97 Å². The minimum Gasteiger partial charge on any atom is -0.378 e. The van der Waals surface area contributed by atoms with E-state index in [1.165, 1.54) is 42.4 Å². The molecule has 2 heterocycles. The Bertz CT molecular complexity index is 693. The molecule has 126 valence electrons. The molecule has 6 nitrogen and oxygen atoms in total. The Hall–Kier alpha value is -2.19. The Balaban J connectivity index is 1.54. The molecule has 1 aliphatic heterocycles. The minimum atomic E-state index is -0.334. The number of benzene rings is 1. The predicted octanol–water partition coefficient (Wildman–Crippen LogP) is 2.18. The Morgan fingerprint density at radius 2 is 2.00 bits per heavy atom. The van der Waals surface area contributed by atoms with Gasteiger partial charge in [0.15, 0.2) is 0 Å². The number of nitrogens with one attached hydrogen (secondary N) is 1. The van der Waals surface area contributed by atoms with Gasteiger partial charge in [-0.25, -0.2) is 14.4 Å². The largest absolute Gasteiger partial charge is 0.378 e. The molecule has 0 spiro atoms. The van der Waals surface area contributed by atoms with E-state index in [0.717, 1.165) is 23.9 Å². The highest BCUT2D eigenvalue weighted by Gasteiger charge is 2.13. The molecular weight excluding hydrogens is 331 g/mol. The average Bonchev–Trinajstić information content (AvgIpc) is 2.63. The Kier molecular flexibility index (Phi) is 5.60. The van der Waals surface area contributed by atoms with Crippen molar-refractivity contribution in [3.63, 3.8) is 0 Å². The lowest BCUT2D eigenvalue weighted by molar-refractivity contribution is -0.113. The molecule has 0 radical (unpaired) electrons. The number of amides is 1. The number of morpholine rings is 1. The Morgan fingerprint density at radius 3 is 2.75 bits per heavy atom. The van der Waals surface area contributed by atoms with Crippen LogP contribution < -0.4 is 10.2 Å². The van der Waals surface area contributed by atoms with Crippen LogP contribution in [0.25, 0.3) is 0 Å². The summed E-state index contributed by atoms with van der Waals surface area (Å²) >= 11 is 1.33. The molecular formula is C16H17FN4O2S. The first-order valence-corrected chi connectivity index (χ1v) is 8.52. The summed E-state index contributed by atoms with van der Waals surface area (Å²) in [5.41, 5.74) is 0.568. The molecule has 1 aliphatic rings. The summed E-state index contributed by atoms with van der Waals surface area (Å²) in [6, 6.07) is 7.54. The number of carbonyl (C=O) groups excluding carboxylic acids is 1. The summed E-state index contributed by atoms with van der Waals surface area (Å²) in [5.74, 6) is 0.559. The Morgan fingerprint density at radius 1 is 1.25 bits per heavy atom. The van der Waals surface area contributed by atoms with Crippen molar-refractivity contribution in [2.45, 2.75) is 5.03 Å². The lowest BCUT2D eigenvalue weighted by Crippen LogP contribution is -2.36. The smallest absolute Gasteiger partial charge is 0.234 e. The summed E-state index contributed by atoms with van der Waals surface area (Å²) in [4.78, 5) is 22.6. The van der Waals surface area contributed by atoms with E-state index in [1.807, 2.05) is 6.07 Å². The quantitative estimate of drug-likeness (QED) is 0.660. The van der Waals surface area contributed by atoms with Crippen molar-refractivity contribution < 1.29 is 13.9 Å². The molecule has 1 amide bonds. The van der Waals surface area contributed by atoms with Gasteiger partial charge in [0.05, 0.1) is 19.0 Å². The number of rotatable bonds is 5. The summed E-state index contributed by atoms with van der Waals surface area (Å²) < 4.78 is 18.2. The molecule has 1 aromatic heterocycles. The van der Waals surface area contributed by atoms with E-state index in [4.69, 9.17) is 4.74 Å². The standard InChI is InChI=1S/C16H17FN4O2S/c17-12-1-3-13(4-2-12)20-15(22)10-24-16-9-14(18-11-19-16)21-5-7-23-8-6-21/h1-4,9,11H,5-8,10H2,(H,20,22). The van der Waals surface area contributed by atoms with Gasteiger partial charge in [0.2, 0.25) is 5.91 Å². The van der Waals surface area contributed by atoms with Crippen LogP contribution in [-0.4, -0.2) is 47.9 Å². The van der Waals surface area contributed by atoms with Gasteiger partial charge in [-0.05, 0) is 24.3 Å². The molecule has 3 rings (SSSR count). The van der Waals surface area contributed by atoms with Crippen molar-refractivity contribution in [1.29, 1.82) is 0 Å². The van der Waals surface area contributed by atoms with Gasteiger partial charge in [0.25, 0.3) is 0 Å². The number of anilines is 2. The van der Waals surface area contributed by atoms with Gasteiger partial charge in [-0.15, -0.1) is 0 Å². The number of hydrogen-bond donors (Lipinski definition) is 1. The third-order valence-electron chi connectivity index (χ3n) is 3.44. The SMILES string of the molecule is O=C(CSc1cc(N2CCOCC2)ncn1)Nc1ccc(F)cc1. The molecule has 1 aromatic carbocycles. The van der Waals surface area contributed by atoms with Crippen molar-refractivity contribution in [2.24, 2.45) is 0 Å². The van der Waals surface area contributed by atoms with Gasteiger partial charge in [-0.2, -0.15) is 0 Å². The molecule has 0 saturated carbocycles. The topological polar surface area (TPSA) is 67.4 Å². The van der Waals surface area contributed by atoms with Crippen molar-refractivity contribution >= 4 is 29.2 Å².